The molecule has 0 saturated carbocycles. The van der Waals surface area contributed by atoms with Crippen molar-refractivity contribution >= 4 is 5.91 Å². The minimum atomic E-state index is -0.473. The van der Waals surface area contributed by atoms with E-state index in [1.807, 2.05) is 30.3 Å². The van der Waals surface area contributed by atoms with Gasteiger partial charge in [0.05, 0.1) is 12.1 Å². The number of aliphatic hydroxyl groups excluding tert-OH is 1. The Balaban J connectivity index is 2.36. The van der Waals surface area contributed by atoms with E-state index >= 15 is 0 Å². The third-order valence-corrected chi connectivity index (χ3v) is 3.16. The molecule has 106 valence electrons. The second-order valence-corrected chi connectivity index (χ2v) is 5.03. The number of carbonyl (C=O) groups excluding carboxylic acids is 1. The Bertz CT molecular complexity index is 379. The topological polar surface area (TPSA) is 66.6 Å². The second-order valence-electron chi connectivity index (χ2n) is 5.03. The van der Waals surface area contributed by atoms with Crippen LogP contribution < -0.4 is 5.73 Å². The summed E-state index contributed by atoms with van der Waals surface area (Å²) < 4.78 is 0. The molecule has 1 aromatic rings. The zero-order chi connectivity index (χ0) is 14.3. The summed E-state index contributed by atoms with van der Waals surface area (Å²) in [5.74, 6) is -0.0587. The van der Waals surface area contributed by atoms with Crippen LogP contribution in [0.3, 0.4) is 0 Å². The van der Waals surface area contributed by atoms with Gasteiger partial charge in [0, 0.05) is 13.6 Å². The molecule has 0 heterocycles. The average Bonchev–Trinajstić information content (AvgIpc) is 2.42. The van der Waals surface area contributed by atoms with Crippen molar-refractivity contribution in [1.29, 1.82) is 0 Å². The lowest BCUT2D eigenvalue weighted by Gasteiger charge is -2.22. The maximum Gasteiger partial charge on any atom is 0.239 e. The van der Waals surface area contributed by atoms with Gasteiger partial charge in [-0.2, -0.15) is 0 Å². The van der Waals surface area contributed by atoms with Gasteiger partial charge in [-0.3, -0.25) is 4.79 Å². The molecule has 0 aromatic heterocycles. The van der Waals surface area contributed by atoms with Gasteiger partial charge >= 0.3 is 0 Å². The summed E-state index contributed by atoms with van der Waals surface area (Å²) in [5, 5.41) is 9.20. The number of aryl methyl sites for hydroxylation is 1. The van der Waals surface area contributed by atoms with Crippen LogP contribution in [0.15, 0.2) is 30.3 Å². The molecule has 1 aromatic carbocycles. The quantitative estimate of drug-likeness (QED) is 0.777. The summed E-state index contributed by atoms with van der Waals surface area (Å²) in [6.07, 6.45) is 1.63. The number of hydrogen-bond donors (Lipinski definition) is 2. The number of rotatable bonds is 7. The van der Waals surface area contributed by atoms with Crippen LogP contribution in [-0.2, 0) is 11.2 Å². The average molecular weight is 264 g/mol. The van der Waals surface area contributed by atoms with Crippen molar-refractivity contribution in [3.05, 3.63) is 35.9 Å². The Labute approximate surface area is 115 Å². The fourth-order valence-corrected chi connectivity index (χ4v) is 1.86. The van der Waals surface area contributed by atoms with Crippen molar-refractivity contribution in [2.75, 3.05) is 13.6 Å². The number of aliphatic hydroxyl groups is 1. The molecule has 0 aliphatic rings. The zero-order valence-electron chi connectivity index (χ0n) is 11.7. The monoisotopic (exact) mass is 264 g/mol. The highest BCUT2D eigenvalue weighted by atomic mass is 16.3. The molecule has 0 bridgehead atoms. The van der Waals surface area contributed by atoms with Crippen molar-refractivity contribution in [3.63, 3.8) is 0 Å². The highest BCUT2D eigenvalue weighted by Crippen LogP contribution is 2.06. The van der Waals surface area contributed by atoms with Crippen molar-refractivity contribution in [3.8, 4) is 0 Å². The first-order chi connectivity index (χ1) is 9.00. The van der Waals surface area contributed by atoms with Crippen molar-refractivity contribution in [1.82, 2.24) is 4.90 Å². The fraction of sp³-hybridized carbons (Fsp3) is 0.533. The largest absolute Gasteiger partial charge is 0.393 e. The third-order valence-electron chi connectivity index (χ3n) is 3.16. The van der Waals surface area contributed by atoms with Crippen molar-refractivity contribution in [2.45, 2.75) is 38.3 Å². The molecule has 2 atom stereocenters. The summed E-state index contributed by atoms with van der Waals surface area (Å²) in [4.78, 5) is 13.6. The maximum atomic E-state index is 12.0. The fourth-order valence-electron chi connectivity index (χ4n) is 1.86. The minimum absolute atomic E-state index is 0.0587. The van der Waals surface area contributed by atoms with Crippen LogP contribution in [0.4, 0.5) is 0 Å². The van der Waals surface area contributed by atoms with Crippen LogP contribution in [0.25, 0.3) is 0 Å². The van der Waals surface area contributed by atoms with E-state index in [-0.39, 0.29) is 5.91 Å². The first-order valence-corrected chi connectivity index (χ1v) is 6.73. The lowest BCUT2D eigenvalue weighted by molar-refractivity contribution is -0.131. The molecule has 1 unspecified atom stereocenters. The van der Waals surface area contributed by atoms with Crippen molar-refractivity contribution < 1.29 is 9.90 Å². The first kappa shape index (κ1) is 15.7. The number of amides is 1. The Morgan fingerprint density at radius 1 is 1.32 bits per heavy atom. The predicted octanol–water partition coefficient (Wildman–Crippen LogP) is 1.18. The molecule has 1 amide bonds. The van der Waals surface area contributed by atoms with E-state index in [2.05, 4.69) is 0 Å². The predicted molar refractivity (Wildman–Crippen MR) is 76.7 cm³/mol. The lowest BCUT2D eigenvalue weighted by Crippen LogP contribution is -2.42. The van der Waals surface area contributed by atoms with Gasteiger partial charge in [0.1, 0.15) is 0 Å². The van der Waals surface area contributed by atoms with E-state index in [1.54, 1.807) is 18.9 Å². The number of likely N-dealkylation sites (N-methyl/N-ethyl adjacent to an activating group) is 1. The van der Waals surface area contributed by atoms with Gasteiger partial charge in [-0.25, -0.2) is 0 Å². The van der Waals surface area contributed by atoms with Gasteiger partial charge in [0.15, 0.2) is 0 Å². The SMILES string of the molecule is CC(O)CCN(C)C(=O)[C@@H](N)CCc1ccccc1. The number of nitrogens with zero attached hydrogens (tertiary/aromatic N) is 1. The molecular weight excluding hydrogens is 240 g/mol. The molecule has 0 spiro atoms. The first-order valence-electron chi connectivity index (χ1n) is 6.73. The zero-order valence-corrected chi connectivity index (χ0v) is 11.7. The molecular formula is C15H24N2O2. The summed E-state index contributed by atoms with van der Waals surface area (Å²) in [5.41, 5.74) is 7.11. The minimum Gasteiger partial charge on any atom is -0.393 e. The van der Waals surface area contributed by atoms with E-state index in [0.29, 0.717) is 19.4 Å². The Kier molecular flexibility index (Phi) is 6.53. The van der Waals surface area contributed by atoms with E-state index in [9.17, 15) is 9.90 Å². The van der Waals surface area contributed by atoms with E-state index in [4.69, 9.17) is 5.73 Å². The van der Waals surface area contributed by atoms with E-state index < -0.39 is 12.1 Å². The second kappa shape index (κ2) is 7.92. The molecule has 1 rings (SSSR count). The Morgan fingerprint density at radius 2 is 1.95 bits per heavy atom. The number of benzene rings is 1. The number of carbonyl (C=O) groups is 1. The van der Waals surface area contributed by atoms with Gasteiger partial charge in [-0.05, 0) is 31.7 Å². The Morgan fingerprint density at radius 3 is 2.53 bits per heavy atom. The highest BCUT2D eigenvalue weighted by Gasteiger charge is 2.17. The van der Waals surface area contributed by atoms with Crippen LogP contribution in [0, 0.1) is 0 Å². The summed E-state index contributed by atoms with van der Waals surface area (Å²) in [6.45, 7) is 2.25. The molecule has 4 heteroatoms. The molecule has 19 heavy (non-hydrogen) atoms. The normalized spacial score (nSPS) is 13.9. The smallest absolute Gasteiger partial charge is 0.239 e. The van der Waals surface area contributed by atoms with Gasteiger partial charge in [-0.1, -0.05) is 30.3 Å². The highest BCUT2D eigenvalue weighted by molar-refractivity contribution is 5.81. The van der Waals surface area contributed by atoms with Crippen LogP contribution >= 0.6 is 0 Å². The molecule has 0 aliphatic carbocycles. The standard InChI is InChI=1S/C15H24N2O2/c1-12(18)10-11-17(2)15(19)14(16)9-8-13-6-4-3-5-7-13/h3-7,12,14,18H,8-11,16H2,1-2H3/t12?,14-/m0/s1. The summed E-state index contributed by atoms with van der Waals surface area (Å²) in [6, 6.07) is 9.54. The van der Waals surface area contributed by atoms with Crippen LogP contribution in [0.1, 0.15) is 25.3 Å². The molecule has 4 nitrogen and oxygen atoms in total. The third kappa shape index (κ3) is 5.85. The van der Waals surface area contributed by atoms with Gasteiger partial charge in [0.25, 0.3) is 0 Å². The van der Waals surface area contributed by atoms with Gasteiger partial charge in [0.2, 0.25) is 5.91 Å². The van der Waals surface area contributed by atoms with Gasteiger partial charge < -0.3 is 15.7 Å². The molecule has 0 saturated heterocycles. The Hall–Kier alpha value is -1.39. The number of hydrogen-bond acceptors (Lipinski definition) is 3. The molecule has 0 fully saturated rings. The molecule has 3 N–H and O–H groups in total. The molecule has 0 radical (unpaired) electrons. The summed E-state index contributed by atoms with van der Waals surface area (Å²) >= 11 is 0. The van der Waals surface area contributed by atoms with E-state index in [1.165, 1.54) is 5.56 Å². The molecule has 0 aliphatic heterocycles. The van der Waals surface area contributed by atoms with Crippen molar-refractivity contribution in [2.24, 2.45) is 5.73 Å². The van der Waals surface area contributed by atoms with Gasteiger partial charge in [-0.15, -0.1) is 0 Å². The van der Waals surface area contributed by atoms with E-state index in [0.717, 1.165) is 6.42 Å². The summed E-state index contributed by atoms with van der Waals surface area (Å²) in [7, 11) is 1.73. The maximum absolute atomic E-state index is 12.0. The van der Waals surface area contributed by atoms with Crippen LogP contribution in [0.5, 0.6) is 0 Å². The lowest BCUT2D eigenvalue weighted by atomic mass is 10.0. The van der Waals surface area contributed by atoms with Crippen LogP contribution in [-0.4, -0.2) is 41.7 Å². The van der Waals surface area contributed by atoms with Crippen LogP contribution in [0.2, 0.25) is 0 Å². The number of nitrogens with two attached hydrogens (primary N) is 1.